The lowest BCUT2D eigenvalue weighted by molar-refractivity contribution is -0.167. The molecule has 440 valence electrons. The van der Waals surface area contributed by atoms with E-state index in [2.05, 4.69) is 57.2 Å². The molecular weight excluding hydrogens is 925 g/mol. The highest BCUT2D eigenvalue weighted by molar-refractivity contribution is 5.71. The minimum Gasteiger partial charge on any atom is -0.462 e. The van der Waals surface area contributed by atoms with Gasteiger partial charge in [-0.05, 0) is 77.0 Å². The fourth-order valence-electron chi connectivity index (χ4n) is 10.1. The molecule has 0 aliphatic rings. The number of hydrogen-bond donors (Lipinski definition) is 0. The molecule has 0 aliphatic carbocycles. The zero-order chi connectivity index (χ0) is 54.3. The second kappa shape index (κ2) is 64.2. The van der Waals surface area contributed by atoms with E-state index in [-0.39, 0.29) is 31.1 Å². The topological polar surface area (TPSA) is 78.9 Å². The van der Waals surface area contributed by atoms with Crippen LogP contribution in [0.3, 0.4) is 0 Å². The molecule has 0 aliphatic heterocycles. The van der Waals surface area contributed by atoms with Crippen LogP contribution in [0.15, 0.2) is 36.5 Å². The molecule has 0 spiro atoms. The van der Waals surface area contributed by atoms with Crippen LogP contribution in [0.2, 0.25) is 0 Å². The highest BCUT2D eigenvalue weighted by Crippen LogP contribution is 2.18. The van der Waals surface area contributed by atoms with Crippen molar-refractivity contribution in [2.75, 3.05) is 13.2 Å². The summed E-state index contributed by atoms with van der Waals surface area (Å²) in [5.74, 6) is -0.855. The number of ether oxygens (including phenoxy) is 3. The van der Waals surface area contributed by atoms with Crippen molar-refractivity contribution in [1.29, 1.82) is 0 Å². The predicted molar refractivity (Wildman–Crippen MR) is 326 cm³/mol. The zero-order valence-corrected chi connectivity index (χ0v) is 50.6. The molecule has 0 aromatic rings. The Kier molecular flexibility index (Phi) is 62.1. The maximum absolute atomic E-state index is 12.9. The molecule has 6 heteroatoms. The summed E-state index contributed by atoms with van der Waals surface area (Å²) >= 11 is 0. The lowest BCUT2D eigenvalue weighted by atomic mass is 10.0. The molecule has 0 radical (unpaired) electrons. The minimum absolute atomic E-state index is 0.0698. The molecule has 0 amide bonds. The first kappa shape index (κ1) is 72.6. The van der Waals surface area contributed by atoms with Gasteiger partial charge in [0.05, 0.1) is 0 Å². The van der Waals surface area contributed by atoms with Gasteiger partial charge in [-0.2, -0.15) is 0 Å². The first-order valence-corrected chi connectivity index (χ1v) is 33.5. The lowest BCUT2D eigenvalue weighted by Gasteiger charge is -2.18. The van der Waals surface area contributed by atoms with Crippen LogP contribution in [-0.4, -0.2) is 37.2 Å². The number of rotatable bonds is 62. The Morgan fingerprint density at radius 3 is 0.760 bits per heavy atom. The van der Waals surface area contributed by atoms with E-state index in [1.807, 2.05) is 0 Å². The molecule has 6 nitrogen and oxygen atoms in total. The quantitative estimate of drug-likeness (QED) is 0.0261. The SMILES string of the molecule is CCCCCC/C=C\CCCCCCCC(=O)OC(COC(=O)CCCCCCCCCCCCCCC)COC(=O)CCCCCCCCCCCCCCCCCCCCC/C=C\C/C=C\CCCCCCC. The Bertz CT molecular complexity index is 1250. The monoisotopic (exact) mass is 1050 g/mol. The van der Waals surface area contributed by atoms with Crippen molar-refractivity contribution >= 4 is 17.9 Å². The Labute approximate surface area is 467 Å². The highest BCUT2D eigenvalue weighted by atomic mass is 16.6. The zero-order valence-electron chi connectivity index (χ0n) is 50.6. The van der Waals surface area contributed by atoms with Gasteiger partial charge in [0.2, 0.25) is 0 Å². The average Bonchev–Trinajstić information content (AvgIpc) is 3.41. The Morgan fingerprint density at radius 2 is 0.480 bits per heavy atom. The maximum Gasteiger partial charge on any atom is 0.306 e. The largest absolute Gasteiger partial charge is 0.462 e. The summed E-state index contributed by atoms with van der Waals surface area (Å²) in [5, 5.41) is 0. The van der Waals surface area contributed by atoms with Crippen molar-refractivity contribution in [2.45, 2.75) is 374 Å². The Morgan fingerprint density at radius 1 is 0.267 bits per heavy atom. The molecule has 1 atom stereocenters. The summed E-state index contributed by atoms with van der Waals surface area (Å²) in [6.45, 7) is 6.66. The van der Waals surface area contributed by atoms with Gasteiger partial charge in [-0.1, -0.05) is 308 Å². The number of unbranched alkanes of at least 4 members (excludes halogenated alkanes) is 45. The van der Waals surface area contributed by atoms with E-state index in [0.717, 1.165) is 70.6 Å². The van der Waals surface area contributed by atoms with Crippen LogP contribution >= 0.6 is 0 Å². The van der Waals surface area contributed by atoms with Gasteiger partial charge >= 0.3 is 17.9 Å². The van der Waals surface area contributed by atoms with Crippen LogP contribution in [0.5, 0.6) is 0 Å². The third-order valence-corrected chi connectivity index (χ3v) is 15.1. The van der Waals surface area contributed by atoms with Gasteiger partial charge in [-0.15, -0.1) is 0 Å². The van der Waals surface area contributed by atoms with Crippen molar-refractivity contribution in [3.63, 3.8) is 0 Å². The number of esters is 3. The molecule has 0 bridgehead atoms. The molecule has 75 heavy (non-hydrogen) atoms. The number of carbonyl (C=O) groups excluding carboxylic acids is 3. The normalized spacial score (nSPS) is 12.2. The summed E-state index contributed by atoms with van der Waals surface area (Å²) in [6, 6.07) is 0. The standard InChI is InChI=1S/C69H128O6/c1-4-7-10-13-16-19-22-25-26-27-28-29-30-31-32-33-34-35-36-37-38-39-40-41-42-45-47-50-53-56-59-62-68(71)74-65-66(75-69(72)63-60-57-54-51-48-44-24-21-18-15-12-9-6-3)64-73-67(70)61-58-55-52-49-46-43-23-20-17-14-11-8-5-2/h21-22,24-25,27-28,66H,4-20,23,26,29-65H2,1-3H3/b24-21-,25-22-,28-27-. The predicted octanol–water partition coefficient (Wildman–Crippen LogP) is 22.8. The number of carbonyl (C=O) groups is 3. The summed E-state index contributed by atoms with van der Waals surface area (Å²) in [7, 11) is 0. The van der Waals surface area contributed by atoms with Crippen LogP contribution in [0.1, 0.15) is 367 Å². The van der Waals surface area contributed by atoms with E-state index in [9.17, 15) is 14.4 Å². The molecule has 0 fully saturated rings. The van der Waals surface area contributed by atoms with Gasteiger partial charge in [0.25, 0.3) is 0 Å². The van der Waals surface area contributed by atoms with Crippen LogP contribution in [0.25, 0.3) is 0 Å². The molecule has 1 unspecified atom stereocenters. The van der Waals surface area contributed by atoms with Gasteiger partial charge in [-0.25, -0.2) is 0 Å². The molecule has 0 saturated heterocycles. The maximum atomic E-state index is 12.9. The molecule has 0 aromatic heterocycles. The molecule has 0 aromatic carbocycles. The molecule has 0 N–H and O–H groups in total. The third kappa shape index (κ3) is 62.4. The fourth-order valence-corrected chi connectivity index (χ4v) is 10.1. The van der Waals surface area contributed by atoms with Crippen LogP contribution in [0, 0.1) is 0 Å². The van der Waals surface area contributed by atoms with Crippen molar-refractivity contribution in [3.05, 3.63) is 36.5 Å². The van der Waals surface area contributed by atoms with Crippen LogP contribution in [0.4, 0.5) is 0 Å². The van der Waals surface area contributed by atoms with Crippen LogP contribution < -0.4 is 0 Å². The van der Waals surface area contributed by atoms with Crippen molar-refractivity contribution in [2.24, 2.45) is 0 Å². The molecule has 0 rings (SSSR count). The van der Waals surface area contributed by atoms with E-state index in [1.165, 1.54) is 257 Å². The first-order valence-electron chi connectivity index (χ1n) is 33.5. The van der Waals surface area contributed by atoms with Gasteiger partial charge in [0.15, 0.2) is 6.10 Å². The summed E-state index contributed by atoms with van der Waals surface area (Å²) in [6.07, 6.45) is 78.9. The second-order valence-corrected chi connectivity index (χ2v) is 22.7. The minimum atomic E-state index is -0.772. The molecule has 0 saturated carbocycles. The first-order chi connectivity index (χ1) is 37.0. The lowest BCUT2D eigenvalue weighted by Crippen LogP contribution is -2.30. The highest BCUT2D eigenvalue weighted by Gasteiger charge is 2.19. The average molecular weight is 1050 g/mol. The van der Waals surface area contributed by atoms with Gasteiger partial charge in [0, 0.05) is 19.3 Å². The molecular formula is C69H128O6. The Balaban J connectivity index is 4.09. The van der Waals surface area contributed by atoms with Gasteiger partial charge in [-0.3, -0.25) is 14.4 Å². The smallest absolute Gasteiger partial charge is 0.306 e. The van der Waals surface area contributed by atoms with Crippen molar-refractivity contribution in [3.8, 4) is 0 Å². The van der Waals surface area contributed by atoms with E-state index in [4.69, 9.17) is 14.2 Å². The van der Waals surface area contributed by atoms with Gasteiger partial charge < -0.3 is 14.2 Å². The number of hydrogen-bond acceptors (Lipinski definition) is 6. The Hall–Kier alpha value is -2.37. The summed E-state index contributed by atoms with van der Waals surface area (Å²) in [4.78, 5) is 38.2. The third-order valence-electron chi connectivity index (χ3n) is 15.1. The van der Waals surface area contributed by atoms with E-state index in [0.29, 0.717) is 19.3 Å². The van der Waals surface area contributed by atoms with E-state index < -0.39 is 6.10 Å². The summed E-state index contributed by atoms with van der Waals surface area (Å²) < 4.78 is 16.9. The van der Waals surface area contributed by atoms with Gasteiger partial charge in [0.1, 0.15) is 13.2 Å². The van der Waals surface area contributed by atoms with Crippen molar-refractivity contribution < 1.29 is 28.6 Å². The van der Waals surface area contributed by atoms with Crippen molar-refractivity contribution in [1.82, 2.24) is 0 Å². The number of allylic oxidation sites excluding steroid dienone is 6. The summed E-state index contributed by atoms with van der Waals surface area (Å²) in [5.41, 5.74) is 0. The van der Waals surface area contributed by atoms with E-state index in [1.54, 1.807) is 0 Å². The molecule has 0 heterocycles. The van der Waals surface area contributed by atoms with E-state index >= 15 is 0 Å². The fraction of sp³-hybridized carbons (Fsp3) is 0.870. The second-order valence-electron chi connectivity index (χ2n) is 22.7. The van der Waals surface area contributed by atoms with Crippen LogP contribution in [-0.2, 0) is 28.6 Å².